The molecule has 1 N–H and O–H groups in total. The molecule has 0 spiro atoms. The van der Waals surface area contributed by atoms with E-state index in [2.05, 4.69) is 15.9 Å². The number of aromatic nitrogens is 1. The van der Waals surface area contributed by atoms with Crippen LogP contribution in [0.15, 0.2) is 15.5 Å². The summed E-state index contributed by atoms with van der Waals surface area (Å²) < 4.78 is 23.8. The second kappa shape index (κ2) is 3.82. The van der Waals surface area contributed by atoms with Gasteiger partial charge in [0.15, 0.2) is 0 Å². The Morgan fingerprint density at radius 2 is 2.14 bits per heavy atom. The summed E-state index contributed by atoms with van der Waals surface area (Å²) >= 11 is 2.57. The second-order valence-electron chi connectivity index (χ2n) is 2.29. The van der Waals surface area contributed by atoms with Crippen molar-refractivity contribution in [3.8, 4) is 0 Å². The molecule has 1 aromatic rings. The van der Waals surface area contributed by atoms with Gasteiger partial charge in [0, 0.05) is 0 Å². The third kappa shape index (κ3) is 1.79. The summed E-state index contributed by atoms with van der Waals surface area (Å²) in [7, 11) is 0. The van der Waals surface area contributed by atoms with Crippen LogP contribution in [0.3, 0.4) is 0 Å². The molecule has 0 aliphatic heterocycles. The van der Waals surface area contributed by atoms with E-state index in [1.807, 2.05) is 4.98 Å². The summed E-state index contributed by atoms with van der Waals surface area (Å²) in [5.74, 6) is 0. The maximum atomic E-state index is 12.2. The van der Waals surface area contributed by atoms with E-state index in [0.29, 0.717) is 6.20 Å². The Labute approximate surface area is 84.0 Å². The predicted molar refractivity (Wildman–Crippen MR) is 46.4 cm³/mol. The van der Waals surface area contributed by atoms with E-state index < -0.39 is 32.6 Å². The Morgan fingerprint density at radius 1 is 1.57 bits per heavy atom. The summed E-state index contributed by atoms with van der Waals surface area (Å²) in [5, 5.41) is 10.2. The lowest BCUT2D eigenvalue weighted by Gasteiger charge is -2.01. The number of nitrogens with zero attached hydrogens (tertiary/aromatic N) is 1. The summed E-state index contributed by atoms with van der Waals surface area (Å²) in [4.78, 5) is 22.4. The number of hydrogen-bond acceptors (Lipinski definition) is 3. The number of alkyl halides is 2. The molecule has 0 amide bonds. The number of pyridine rings is 1. The molecule has 8 heteroatoms. The number of halogens is 3. The van der Waals surface area contributed by atoms with Gasteiger partial charge in [-0.1, -0.05) is 0 Å². The quantitative estimate of drug-likeness (QED) is 0.658. The number of hydrogen-bond donors (Lipinski definition) is 1. The van der Waals surface area contributed by atoms with Crippen LogP contribution in [-0.2, 0) is 0 Å². The van der Waals surface area contributed by atoms with Crippen LogP contribution in [0.25, 0.3) is 0 Å². The Morgan fingerprint density at radius 3 is 2.57 bits per heavy atom. The molecule has 0 unspecified atom stereocenters. The smallest absolute Gasteiger partial charge is 0.333 e. The van der Waals surface area contributed by atoms with Crippen molar-refractivity contribution in [1.82, 2.24) is 4.98 Å². The fourth-order valence-electron chi connectivity index (χ4n) is 0.804. The topological polar surface area (TPSA) is 76.0 Å². The average molecular weight is 269 g/mol. The van der Waals surface area contributed by atoms with E-state index >= 15 is 0 Å². The number of aromatic amines is 1. The highest BCUT2D eigenvalue weighted by Gasteiger charge is 2.21. The molecule has 0 aromatic carbocycles. The lowest BCUT2D eigenvalue weighted by Crippen LogP contribution is -2.12. The molecule has 1 aromatic heterocycles. The largest absolute Gasteiger partial charge is 0.353 e. The molecule has 0 bridgehead atoms. The van der Waals surface area contributed by atoms with Crippen molar-refractivity contribution in [3.63, 3.8) is 0 Å². The van der Waals surface area contributed by atoms with E-state index in [1.54, 1.807) is 0 Å². The van der Waals surface area contributed by atoms with Crippen LogP contribution in [0, 0.1) is 10.1 Å². The van der Waals surface area contributed by atoms with Gasteiger partial charge in [0.2, 0.25) is 0 Å². The second-order valence-corrected chi connectivity index (χ2v) is 3.08. The third-order valence-electron chi connectivity index (χ3n) is 1.45. The van der Waals surface area contributed by atoms with Crippen molar-refractivity contribution in [2.75, 3.05) is 0 Å². The summed E-state index contributed by atoms with van der Waals surface area (Å²) in [5.41, 5.74) is -2.51. The minimum Gasteiger partial charge on any atom is -0.353 e. The summed E-state index contributed by atoms with van der Waals surface area (Å²) in [6.45, 7) is 0. The Balaban J connectivity index is 3.42. The Kier molecular flexibility index (Phi) is 2.94. The van der Waals surface area contributed by atoms with E-state index in [1.165, 1.54) is 0 Å². The third-order valence-corrected chi connectivity index (χ3v) is 2.24. The number of rotatable bonds is 2. The zero-order valence-electron chi connectivity index (χ0n) is 6.46. The van der Waals surface area contributed by atoms with Gasteiger partial charge in [-0.15, -0.1) is 0 Å². The Hall–Kier alpha value is -1.31. The molecule has 0 radical (unpaired) electrons. The van der Waals surface area contributed by atoms with Crippen molar-refractivity contribution < 1.29 is 13.7 Å². The van der Waals surface area contributed by atoms with Crippen molar-refractivity contribution in [1.29, 1.82) is 0 Å². The van der Waals surface area contributed by atoms with Crippen molar-refractivity contribution in [2.45, 2.75) is 6.43 Å². The van der Waals surface area contributed by atoms with Crippen LogP contribution in [-0.4, -0.2) is 9.91 Å². The number of nitrogens with one attached hydrogen (secondary N) is 1. The maximum absolute atomic E-state index is 12.2. The van der Waals surface area contributed by atoms with Crippen LogP contribution in [0.5, 0.6) is 0 Å². The van der Waals surface area contributed by atoms with Gasteiger partial charge in [-0.2, -0.15) is 0 Å². The van der Waals surface area contributed by atoms with E-state index in [9.17, 15) is 23.7 Å². The van der Waals surface area contributed by atoms with Gasteiger partial charge in [-0.05, 0) is 15.9 Å². The first kappa shape index (κ1) is 10.8. The van der Waals surface area contributed by atoms with Crippen LogP contribution < -0.4 is 5.43 Å². The lowest BCUT2D eigenvalue weighted by atomic mass is 10.3. The monoisotopic (exact) mass is 268 g/mol. The standard InChI is InChI=1S/C6H3BrF2N2O3/c7-3-4(6(8)9)10-1-2(5(3)12)11(13)14/h1,6H,(H,10,12). The fourth-order valence-corrected chi connectivity index (χ4v) is 1.29. The zero-order chi connectivity index (χ0) is 10.9. The molecular weight excluding hydrogens is 266 g/mol. The first-order chi connectivity index (χ1) is 6.45. The molecule has 76 valence electrons. The van der Waals surface area contributed by atoms with Crippen LogP contribution in [0.1, 0.15) is 12.1 Å². The van der Waals surface area contributed by atoms with Crippen molar-refractivity contribution in [3.05, 3.63) is 36.7 Å². The average Bonchev–Trinajstić information content (AvgIpc) is 2.08. The highest BCUT2D eigenvalue weighted by Crippen LogP contribution is 2.23. The fraction of sp³-hybridized carbons (Fsp3) is 0.167. The van der Waals surface area contributed by atoms with Gasteiger partial charge < -0.3 is 4.98 Å². The van der Waals surface area contributed by atoms with Crippen LogP contribution >= 0.6 is 15.9 Å². The minimum atomic E-state index is -2.89. The molecule has 1 heterocycles. The van der Waals surface area contributed by atoms with Gasteiger partial charge >= 0.3 is 5.69 Å². The first-order valence-corrected chi connectivity index (χ1v) is 4.08. The summed E-state index contributed by atoms with van der Waals surface area (Å²) in [6.07, 6.45) is -2.24. The van der Waals surface area contributed by atoms with Crippen molar-refractivity contribution >= 4 is 21.6 Å². The minimum absolute atomic E-state index is 0.512. The molecule has 0 aliphatic rings. The molecule has 0 saturated carbocycles. The van der Waals surface area contributed by atoms with Gasteiger partial charge in [-0.3, -0.25) is 14.9 Å². The first-order valence-electron chi connectivity index (χ1n) is 3.28. The molecule has 1 rings (SSSR count). The maximum Gasteiger partial charge on any atom is 0.333 e. The molecule has 0 aliphatic carbocycles. The van der Waals surface area contributed by atoms with Crippen LogP contribution in [0.2, 0.25) is 0 Å². The summed E-state index contributed by atoms with van der Waals surface area (Å²) in [6, 6.07) is 0. The van der Waals surface area contributed by atoms with E-state index in [-0.39, 0.29) is 0 Å². The molecule has 0 fully saturated rings. The molecular formula is C6H3BrF2N2O3. The Bertz CT molecular complexity index is 432. The van der Waals surface area contributed by atoms with Gasteiger partial charge in [0.1, 0.15) is 5.69 Å². The molecule has 0 saturated heterocycles. The molecule has 14 heavy (non-hydrogen) atoms. The van der Waals surface area contributed by atoms with E-state index in [4.69, 9.17) is 0 Å². The molecule has 5 nitrogen and oxygen atoms in total. The molecule has 0 atom stereocenters. The number of nitro groups is 1. The highest BCUT2D eigenvalue weighted by molar-refractivity contribution is 9.10. The van der Waals surface area contributed by atoms with E-state index in [0.717, 1.165) is 0 Å². The number of H-pyrrole nitrogens is 1. The van der Waals surface area contributed by atoms with Crippen molar-refractivity contribution in [2.24, 2.45) is 0 Å². The SMILES string of the molecule is O=c1c([N+](=O)[O-])c[nH]c(C(F)F)c1Br. The van der Waals surface area contributed by atoms with Gasteiger partial charge in [0.25, 0.3) is 11.9 Å². The highest BCUT2D eigenvalue weighted by atomic mass is 79.9. The van der Waals surface area contributed by atoms with Gasteiger partial charge in [-0.25, -0.2) is 8.78 Å². The zero-order valence-corrected chi connectivity index (χ0v) is 8.05. The lowest BCUT2D eigenvalue weighted by molar-refractivity contribution is -0.386. The normalized spacial score (nSPS) is 10.6. The predicted octanol–water partition coefficient (Wildman–Crippen LogP) is 1.98. The van der Waals surface area contributed by atoms with Crippen LogP contribution in [0.4, 0.5) is 14.5 Å². The van der Waals surface area contributed by atoms with Gasteiger partial charge in [0.05, 0.1) is 15.6 Å².